The van der Waals surface area contributed by atoms with E-state index in [1.807, 2.05) is 31.2 Å². The first kappa shape index (κ1) is 19.4. The Labute approximate surface area is 151 Å². The molecule has 0 aliphatic carbocycles. The fourth-order valence-corrected chi connectivity index (χ4v) is 2.56. The Morgan fingerprint density at radius 3 is 2.15 bits per heavy atom. The molecular weight excluding hydrogens is 356 g/mol. The summed E-state index contributed by atoms with van der Waals surface area (Å²) >= 11 is 0. The van der Waals surface area contributed by atoms with Gasteiger partial charge in [-0.05, 0) is 36.8 Å². The Kier molecular flexibility index (Phi) is 6.31. The Hall–Kier alpha value is -2.91. The van der Waals surface area contributed by atoms with Crippen molar-refractivity contribution in [1.29, 1.82) is 0 Å². The number of amides is 3. The minimum absolute atomic E-state index is 0.0518. The van der Waals surface area contributed by atoms with E-state index in [1.165, 1.54) is 24.3 Å². The Balaban J connectivity index is 1.75. The number of primary sulfonamides is 1. The van der Waals surface area contributed by atoms with E-state index in [0.29, 0.717) is 12.2 Å². The highest BCUT2D eigenvalue weighted by atomic mass is 32.2. The van der Waals surface area contributed by atoms with Crippen LogP contribution in [0, 0.1) is 6.92 Å². The second-order valence-electron chi connectivity index (χ2n) is 5.64. The molecule has 0 unspecified atom stereocenters. The van der Waals surface area contributed by atoms with Crippen molar-refractivity contribution in [3.63, 3.8) is 0 Å². The zero-order valence-corrected chi connectivity index (χ0v) is 15.0. The number of hydrogen-bond donors (Lipinski definition) is 4. The smallest absolute Gasteiger partial charge is 0.315 e. The van der Waals surface area contributed by atoms with Gasteiger partial charge in [0.1, 0.15) is 0 Å². The van der Waals surface area contributed by atoms with Gasteiger partial charge in [0.2, 0.25) is 15.9 Å². The number of anilines is 1. The quantitative estimate of drug-likeness (QED) is 0.601. The van der Waals surface area contributed by atoms with Crippen LogP contribution >= 0.6 is 0 Å². The summed E-state index contributed by atoms with van der Waals surface area (Å²) < 4.78 is 22.3. The highest BCUT2D eigenvalue weighted by molar-refractivity contribution is 7.89. The molecule has 138 valence electrons. The van der Waals surface area contributed by atoms with Crippen LogP contribution in [0.2, 0.25) is 0 Å². The van der Waals surface area contributed by atoms with Crippen LogP contribution in [0.4, 0.5) is 10.5 Å². The molecule has 0 saturated heterocycles. The van der Waals surface area contributed by atoms with Crippen molar-refractivity contribution < 1.29 is 18.0 Å². The lowest BCUT2D eigenvalue weighted by Crippen LogP contribution is -2.39. The van der Waals surface area contributed by atoms with E-state index < -0.39 is 22.0 Å². The molecule has 0 fully saturated rings. The number of nitrogens with one attached hydrogen (secondary N) is 3. The summed E-state index contributed by atoms with van der Waals surface area (Å²) in [6, 6.07) is 12.6. The molecule has 0 heterocycles. The van der Waals surface area contributed by atoms with Crippen LogP contribution in [-0.2, 0) is 21.4 Å². The van der Waals surface area contributed by atoms with E-state index in [0.717, 1.165) is 11.1 Å². The number of aryl methyl sites for hydroxylation is 1. The molecule has 0 spiro atoms. The fraction of sp³-hybridized carbons (Fsp3) is 0.176. The van der Waals surface area contributed by atoms with Crippen LogP contribution < -0.4 is 21.1 Å². The van der Waals surface area contributed by atoms with Crippen LogP contribution in [0.1, 0.15) is 11.1 Å². The van der Waals surface area contributed by atoms with Gasteiger partial charge in [-0.2, -0.15) is 0 Å². The summed E-state index contributed by atoms with van der Waals surface area (Å²) in [5, 5.41) is 12.6. The number of hydrogen-bond acceptors (Lipinski definition) is 4. The molecule has 3 amide bonds. The largest absolute Gasteiger partial charge is 0.334 e. The maximum atomic E-state index is 11.8. The Bertz CT molecular complexity index is 878. The molecule has 0 atom stereocenters. The standard InChI is InChI=1S/C17H20N4O4S/c1-12-2-4-13(5-3-12)10-19-17(23)20-11-16(22)21-14-6-8-15(9-7-14)26(18,24)25/h2-9H,10-11H2,1H3,(H,21,22)(H2,18,24,25)(H2,19,20,23). The second-order valence-corrected chi connectivity index (χ2v) is 7.20. The maximum absolute atomic E-state index is 11.8. The maximum Gasteiger partial charge on any atom is 0.315 e. The molecule has 2 aromatic rings. The number of urea groups is 1. The molecule has 0 aliphatic heterocycles. The van der Waals surface area contributed by atoms with Crippen LogP contribution in [0.3, 0.4) is 0 Å². The molecule has 5 N–H and O–H groups in total. The van der Waals surface area contributed by atoms with Crippen LogP contribution in [0.5, 0.6) is 0 Å². The van der Waals surface area contributed by atoms with E-state index in [-0.39, 0.29) is 11.4 Å². The monoisotopic (exact) mass is 376 g/mol. The van der Waals surface area contributed by atoms with Gasteiger partial charge < -0.3 is 16.0 Å². The Morgan fingerprint density at radius 1 is 0.962 bits per heavy atom. The topological polar surface area (TPSA) is 130 Å². The van der Waals surface area contributed by atoms with Crippen molar-refractivity contribution in [3.05, 3.63) is 59.7 Å². The molecule has 0 aromatic heterocycles. The van der Waals surface area contributed by atoms with Crippen molar-refractivity contribution in [1.82, 2.24) is 10.6 Å². The first-order valence-electron chi connectivity index (χ1n) is 7.74. The number of sulfonamides is 1. The van der Waals surface area contributed by atoms with Crippen LogP contribution in [-0.4, -0.2) is 26.9 Å². The van der Waals surface area contributed by atoms with Crippen molar-refractivity contribution in [2.24, 2.45) is 5.14 Å². The number of nitrogens with two attached hydrogens (primary N) is 1. The Morgan fingerprint density at radius 2 is 1.58 bits per heavy atom. The summed E-state index contributed by atoms with van der Waals surface area (Å²) in [5.74, 6) is -0.446. The number of benzene rings is 2. The van der Waals surface area contributed by atoms with Crippen molar-refractivity contribution >= 4 is 27.6 Å². The molecule has 0 bridgehead atoms. The first-order valence-corrected chi connectivity index (χ1v) is 9.28. The number of carbonyl (C=O) groups excluding carboxylic acids is 2. The average molecular weight is 376 g/mol. The highest BCUT2D eigenvalue weighted by Crippen LogP contribution is 2.12. The molecular formula is C17H20N4O4S. The predicted molar refractivity (Wildman–Crippen MR) is 97.9 cm³/mol. The minimum Gasteiger partial charge on any atom is -0.334 e. The van der Waals surface area contributed by atoms with Gasteiger partial charge in [0.05, 0.1) is 11.4 Å². The first-order chi connectivity index (χ1) is 12.2. The van der Waals surface area contributed by atoms with Crippen molar-refractivity contribution in [3.8, 4) is 0 Å². The van der Waals surface area contributed by atoms with Gasteiger partial charge in [-0.15, -0.1) is 0 Å². The summed E-state index contributed by atoms with van der Waals surface area (Å²) in [6.45, 7) is 2.10. The van der Waals surface area contributed by atoms with Gasteiger partial charge in [0.25, 0.3) is 0 Å². The molecule has 0 radical (unpaired) electrons. The lowest BCUT2D eigenvalue weighted by atomic mass is 10.1. The minimum atomic E-state index is -3.78. The fourth-order valence-electron chi connectivity index (χ4n) is 2.04. The average Bonchev–Trinajstić information content (AvgIpc) is 2.59. The van der Waals surface area contributed by atoms with E-state index in [4.69, 9.17) is 5.14 Å². The van der Waals surface area contributed by atoms with Gasteiger partial charge >= 0.3 is 6.03 Å². The van der Waals surface area contributed by atoms with Crippen LogP contribution in [0.25, 0.3) is 0 Å². The second kappa shape index (κ2) is 8.45. The van der Waals surface area contributed by atoms with Gasteiger partial charge in [-0.3, -0.25) is 4.79 Å². The van der Waals surface area contributed by atoms with E-state index in [1.54, 1.807) is 0 Å². The third-order valence-electron chi connectivity index (χ3n) is 3.45. The molecule has 26 heavy (non-hydrogen) atoms. The molecule has 2 rings (SSSR count). The van der Waals surface area contributed by atoms with Crippen LogP contribution in [0.15, 0.2) is 53.4 Å². The van der Waals surface area contributed by atoms with E-state index in [9.17, 15) is 18.0 Å². The predicted octanol–water partition coefficient (Wildman–Crippen LogP) is 1.08. The lowest BCUT2D eigenvalue weighted by Gasteiger charge is -2.09. The lowest BCUT2D eigenvalue weighted by molar-refractivity contribution is -0.115. The molecule has 8 nitrogen and oxygen atoms in total. The molecule has 2 aromatic carbocycles. The summed E-state index contributed by atoms with van der Waals surface area (Å²) in [5.41, 5.74) is 2.47. The summed E-state index contributed by atoms with van der Waals surface area (Å²) in [4.78, 5) is 23.5. The number of rotatable bonds is 6. The zero-order chi connectivity index (χ0) is 19.2. The zero-order valence-electron chi connectivity index (χ0n) is 14.2. The van der Waals surface area contributed by atoms with Crippen molar-refractivity contribution in [2.45, 2.75) is 18.4 Å². The highest BCUT2D eigenvalue weighted by Gasteiger charge is 2.09. The van der Waals surface area contributed by atoms with Gasteiger partial charge in [-0.1, -0.05) is 29.8 Å². The normalized spacial score (nSPS) is 10.8. The van der Waals surface area contributed by atoms with Gasteiger partial charge in [0.15, 0.2) is 0 Å². The van der Waals surface area contributed by atoms with E-state index in [2.05, 4.69) is 16.0 Å². The van der Waals surface area contributed by atoms with E-state index >= 15 is 0 Å². The summed E-state index contributed by atoms with van der Waals surface area (Å²) in [6.07, 6.45) is 0. The molecule has 0 aliphatic rings. The number of carbonyl (C=O) groups is 2. The van der Waals surface area contributed by atoms with Gasteiger partial charge in [0, 0.05) is 12.2 Å². The molecule has 9 heteroatoms. The molecule has 0 saturated carbocycles. The summed E-state index contributed by atoms with van der Waals surface area (Å²) in [7, 11) is -3.78. The van der Waals surface area contributed by atoms with Crippen molar-refractivity contribution in [2.75, 3.05) is 11.9 Å². The SMILES string of the molecule is Cc1ccc(CNC(=O)NCC(=O)Nc2ccc(S(N)(=O)=O)cc2)cc1. The van der Waals surface area contributed by atoms with Gasteiger partial charge in [-0.25, -0.2) is 18.4 Å². The third-order valence-corrected chi connectivity index (χ3v) is 4.38. The third kappa shape index (κ3) is 6.19.